The third-order valence-corrected chi connectivity index (χ3v) is 12.0. The zero-order valence-corrected chi connectivity index (χ0v) is 32.0. The number of rotatable bonds is 14. The van der Waals surface area contributed by atoms with E-state index < -0.39 is 24.7 Å². The molecule has 276 valence electrons. The number of aryl methyl sites for hydroxylation is 1. The first-order chi connectivity index (χ1) is 25.5. The van der Waals surface area contributed by atoms with E-state index in [1.807, 2.05) is 59.2 Å². The van der Waals surface area contributed by atoms with Crippen LogP contribution in [0.4, 0.5) is 5.95 Å². The molecule has 0 bridgehead atoms. The number of carbonyl (C=O) groups is 1. The summed E-state index contributed by atoms with van der Waals surface area (Å²) in [5.74, 6) is -0.362. The summed E-state index contributed by atoms with van der Waals surface area (Å²) >= 11 is 6.37. The molecule has 1 aliphatic rings. The molecule has 0 radical (unpaired) electrons. The van der Waals surface area contributed by atoms with Crippen molar-refractivity contribution in [3.63, 3.8) is 0 Å². The van der Waals surface area contributed by atoms with Crippen molar-refractivity contribution >= 4 is 41.1 Å². The molecule has 12 nitrogen and oxygen atoms in total. The number of amides is 1. The van der Waals surface area contributed by atoms with Gasteiger partial charge in [-0.3, -0.25) is 24.1 Å². The third kappa shape index (κ3) is 8.21. The van der Waals surface area contributed by atoms with E-state index in [2.05, 4.69) is 57.7 Å². The van der Waals surface area contributed by atoms with Gasteiger partial charge in [0.2, 0.25) is 11.9 Å². The number of hydrogen-bond donors (Lipinski definition) is 1. The molecule has 2 aromatic heterocycles. The van der Waals surface area contributed by atoms with E-state index in [4.69, 9.17) is 30.5 Å². The van der Waals surface area contributed by atoms with Crippen molar-refractivity contribution in [1.29, 1.82) is 5.26 Å². The molecule has 3 aromatic carbocycles. The van der Waals surface area contributed by atoms with Crippen LogP contribution in [0.15, 0.2) is 97.3 Å². The molecule has 5 aromatic rings. The topological polar surface area (TPSA) is 138 Å². The number of unbranched alkanes of at least 4 members (excludes halogenated alkanes) is 1. The van der Waals surface area contributed by atoms with Crippen molar-refractivity contribution in [3.8, 4) is 6.07 Å². The first-order valence-corrected chi connectivity index (χ1v) is 20.1. The molecule has 14 heteroatoms. The number of halogens is 1. The van der Waals surface area contributed by atoms with E-state index >= 15 is 0 Å². The van der Waals surface area contributed by atoms with Gasteiger partial charge in [-0.2, -0.15) is 10.2 Å². The van der Waals surface area contributed by atoms with Crippen LogP contribution >= 0.6 is 18.1 Å². The second-order valence-electron chi connectivity index (χ2n) is 13.5. The first-order valence-electron chi connectivity index (χ1n) is 17.6. The quantitative estimate of drug-likeness (QED) is 0.0694. The Morgan fingerprint density at radius 3 is 2.13 bits per heavy atom. The van der Waals surface area contributed by atoms with Gasteiger partial charge in [-0.25, -0.2) is 14.6 Å². The number of aromatic nitrogens is 4. The number of hydrogen-bond acceptors (Lipinski definition) is 9. The lowest BCUT2D eigenvalue weighted by molar-refractivity contribution is -0.145. The standard InChI is InChI=1S/C39H44ClN8O4P/c1-28(2)37(49)45-38-43-33(22-14-15-23-41)35-36(44-38)48(27-42-35)34-25-47(24-32(52-34)26-51-53(40,50)46(3)4)39(29-16-8-5-9-17-29,30-18-10-6-11-19-30)31-20-12-7-13-21-31/h5-13,16-21,27-28,32,34H,14-15,22,24-26H2,1-4H3,(H,43,44,45,49)/t32-,34+,53-/m0/s1. The van der Waals surface area contributed by atoms with Gasteiger partial charge >= 0.3 is 6.87 Å². The van der Waals surface area contributed by atoms with E-state index in [0.717, 1.165) is 16.7 Å². The lowest BCUT2D eigenvalue weighted by Gasteiger charge is -2.50. The van der Waals surface area contributed by atoms with E-state index in [-0.39, 0.29) is 24.4 Å². The number of imidazole rings is 1. The number of fused-ring (bicyclic) bond motifs is 1. The lowest BCUT2D eigenvalue weighted by atomic mass is 9.75. The van der Waals surface area contributed by atoms with E-state index in [0.29, 0.717) is 49.2 Å². The summed E-state index contributed by atoms with van der Waals surface area (Å²) in [7, 11) is 3.22. The minimum absolute atomic E-state index is 0.0584. The predicted molar refractivity (Wildman–Crippen MR) is 205 cm³/mol. The Bertz CT molecular complexity index is 2000. The zero-order valence-electron chi connectivity index (χ0n) is 30.3. The zero-order chi connectivity index (χ0) is 37.6. The highest BCUT2D eigenvalue weighted by molar-refractivity contribution is 7.83. The summed E-state index contributed by atoms with van der Waals surface area (Å²) in [6.07, 6.45) is 1.78. The Morgan fingerprint density at radius 2 is 1.60 bits per heavy atom. The van der Waals surface area contributed by atoms with Gasteiger partial charge in [0.05, 0.1) is 36.3 Å². The predicted octanol–water partition coefficient (Wildman–Crippen LogP) is 7.38. The Balaban J connectivity index is 1.53. The van der Waals surface area contributed by atoms with Crippen LogP contribution in [0.2, 0.25) is 0 Å². The first kappa shape index (κ1) is 38.3. The molecule has 1 N–H and O–H groups in total. The second-order valence-corrected chi connectivity index (χ2v) is 16.7. The molecule has 1 aliphatic heterocycles. The largest absolute Gasteiger partial charge is 0.362 e. The monoisotopic (exact) mass is 754 g/mol. The van der Waals surface area contributed by atoms with Crippen LogP contribution in [0.25, 0.3) is 11.2 Å². The van der Waals surface area contributed by atoms with Crippen LogP contribution in [0.5, 0.6) is 0 Å². The summed E-state index contributed by atoms with van der Waals surface area (Å²) in [4.78, 5) is 29.4. The molecular weight excluding hydrogens is 711 g/mol. The van der Waals surface area contributed by atoms with Gasteiger partial charge in [0.1, 0.15) is 11.7 Å². The van der Waals surface area contributed by atoms with Gasteiger partial charge in [0.25, 0.3) is 0 Å². The highest BCUT2D eigenvalue weighted by Gasteiger charge is 2.47. The fraction of sp³-hybridized carbons (Fsp3) is 0.359. The summed E-state index contributed by atoms with van der Waals surface area (Å²) in [5.41, 5.74) is 3.98. The minimum atomic E-state index is -3.63. The second kappa shape index (κ2) is 16.7. The number of carbonyl (C=O) groups excluding carboxylic acids is 1. The molecule has 1 saturated heterocycles. The summed E-state index contributed by atoms with van der Waals surface area (Å²) in [6.45, 7) is 0.664. The Kier molecular flexibility index (Phi) is 12.0. The van der Waals surface area contributed by atoms with Crippen LogP contribution < -0.4 is 5.32 Å². The van der Waals surface area contributed by atoms with Crippen molar-refractivity contribution in [2.75, 3.05) is 39.1 Å². The highest BCUT2D eigenvalue weighted by Crippen LogP contribution is 2.54. The maximum atomic E-state index is 13.2. The molecule has 0 saturated carbocycles. The average molecular weight is 755 g/mol. The van der Waals surface area contributed by atoms with Crippen molar-refractivity contribution in [2.24, 2.45) is 5.92 Å². The van der Waals surface area contributed by atoms with Crippen LogP contribution in [0.3, 0.4) is 0 Å². The van der Waals surface area contributed by atoms with E-state index in [9.17, 15) is 14.6 Å². The Labute approximate surface area is 315 Å². The normalized spacial score (nSPS) is 17.8. The molecule has 3 heterocycles. The summed E-state index contributed by atoms with van der Waals surface area (Å²) < 4.78 is 29.1. The molecule has 3 atom stereocenters. The molecule has 0 unspecified atom stereocenters. The van der Waals surface area contributed by atoms with Gasteiger partial charge < -0.3 is 9.26 Å². The number of anilines is 1. The third-order valence-electron chi connectivity index (χ3n) is 9.36. The Hall–Kier alpha value is -4.47. The van der Waals surface area contributed by atoms with Gasteiger partial charge in [-0.05, 0) is 54.9 Å². The van der Waals surface area contributed by atoms with Gasteiger partial charge in [0, 0.05) is 25.4 Å². The number of nitrogens with zero attached hydrogens (tertiary/aromatic N) is 7. The summed E-state index contributed by atoms with van der Waals surface area (Å²) in [6, 6.07) is 33.2. The average Bonchev–Trinajstić information content (AvgIpc) is 3.60. The van der Waals surface area contributed by atoms with Crippen LogP contribution in [0, 0.1) is 17.2 Å². The van der Waals surface area contributed by atoms with Crippen molar-refractivity contribution < 1.29 is 18.6 Å². The molecule has 1 fully saturated rings. The molecule has 53 heavy (non-hydrogen) atoms. The molecule has 0 spiro atoms. The van der Waals surface area contributed by atoms with E-state index in [1.54, 1.807) is 34.3 Å². The fourth-order valence-corrected chi connectivity index (χ4v) is 7.47. The molecule has 0 aliphatic carbocycles. The van der Waals surface area contributed by atoms with Gasteiger partial charge in [-0.1, -0.05) is 105 Å². The fourth-order valence-electron chi connectivity index (χ4n) is 6.72. The number of benzene rings is 3. The maximum Gasteiger partial charge on any atom is 0.362 e. The maximum absolute atomic E-state index is 13.2. The molecule has 1 amide bonds. The number of ether oxygens (including phenoxy) is 1. The smallest absolute Gasteiger partial charge is 0.350 e. The molecular formula is C39H44ClN8O4P. The van der Waals surface area contributed by atoms with Crippen molar-refractivity contribution in [3.05, 3.63) is 120 Å². The number of morpholine rings is 1. The SMILES string of the molecule is CC(C)C(=O)Nc1nc(CCCC#N)c2ncn([C@H]3CN(C(c4ccccc4)(c4ccccc4)c4ccccc4)C[C@@H](CO[P@@](=O)(Cl)N(C)C)O3)c2n1. The minimum Gasteiger partial charge on any atom is -0.350 e. The van der Waals surface area contributed by atoms with Crippen LogP contribution in [-0.2, 0) is 30.6 Å². The van der Waals surface area contributed by atoms with Gasteiger partial charge in [0.15, 0.2) is 5.65 Å². The highest BCUT2D eigenvalue weighted by atomic mass is 35.7. The van der Waals surface area contributed by atoms with Crippen LogP contribution in [0.1, 0.15) is 55.3 Å². The van der Waals surface area contributed by atoms with Crippen molar-refractivity contribution in [1.82, 2.24) is 29.1 Å². The molecule has 6 rings (SSSR count). The van der Waals surface area contributed by atoms with Gasteiger partial charge in [-0.15, -0.1) is 0 Å². The number of nitriles is 1. The lowest BCUT2D eigenvalue weighted by Crippen LogP contribution is -2.57. The van der Waals surface area contributed by atoms with Crippen molar-refractivity contribution in [2.45, 2.75) is 51.0 Å². The van der Waals surface area contributed by atoms with Crippen LogP contribution in [-0.4, -0.2) is 74.9 Å². The number of nitrogens with one attached hydrogen (secondary N) is 1. The van der Waals surface area contributed by atoms with E-state index in [1.165, 1.54) is 4.67 Å². The summed E-state index contributed by atoms with van der Waals surface area (Å²) in [5, 5.41) is 12.1. The Morgan fingerprint density at radius 1 is 1.02 bits per heavy atom.